The van der Waals surface area contributed by atoms with E-state index < -0.39 is 36.1 Å². The molecule has 4 amide bonds. The van der Waals surface area contributed by atoms with E-state index in [1.54, 1.807) is 13.2 Å². The van der Waals surface area contributed by atoms with E-state index in [1.807, 2.05) is 67.5 Å². The lowest BCUT2D eigenvalue weighted by molar-refractivity contribution is -0.139. The van der Waals surface area contributed by atoms with Gasteiger partial charge in [0.1, 0.15) is 29.7 Å². The number of carbonyl (C=O) groups is 4. The van der Waals surface area contributed by atoms with Crippen LogP contribution in [0.2, 0.25) is 0 Å². The zero-order chi connectivity index (χ0) is 54.1. The molecule has 1 saturated carbocycles. The van der Waals surface area contributed by atoms with Crippen molar-refractivity contribution in [3.8, 4) is 0 Å². The third kappa shape index (κ3) is 29.7. The number of allylic oxidation sites excluding steroid dienone is 3. The summed E-state index contributed by atoms with van der Waals surface area (Å²) in [7, 11) is 1.68. The number of alkyl carbamates (subject to hydrolysis) is 1. The van der Waals surface area contributed by atoms with Crippen LogP contribution in [0.5, 0.6) is 0 Å². The standard InChI is InChI=1S/C42H62BrN5O8S.C3H8O.2C3H8.2C2H6/c1-6-8-14-21-55-42(52)45-35(16-13-11-9-10-12-15-31-25-34(31)40(50)46-57-47-19-22-53-23-20-47)41(51)48-27-32(26-36(48)39(44)49)56-37(24-29(4)54-7-2)33-18-17-28(3)38(43)30(33)5;1-3-4-2;2*1-3-2;2*1-2/h12,15,17-18,24,31-32,34-36H,4,6-11,13-14,16,19-23,25-27H2,1-3,5H3,(H2,44,49)(H,45,52)(H,46,50);3H2,1-2H3;2*3H2,1-2H3;2*1-2H3/b15-12-,37-24+;;;;;/t31?,32-,34?,35+,36?;;;;;/m1...../s1. The van der Waals surface area contributed by atoms with Gasteiger partial charge in [-0.25, -0.2) is 9.10 Å². The number of morpholine rings is 1. The summed E-state index contributed by atoms with van der Waals surface area (Å²) in [4.78, 5) is 53.9. The summed E-state index contributed by atoms with van der Waals surface area (Å²) >= 11 is 5.05. The Kier molecular flexibility index (Phi) is 43.0. The molecule has 2 saturated heterocycles. The van der Waals surface area contributed by atoms with Crippen molar-refractivity contribution < 1.29 is 42.9 Å². The summed E-state index contributed by atoms with van der Waals surface area (Å²) in [6, 6.07) is 2.10. The summed E-state index contributed by atoms with van der Waals surface area (Å²) < 4.78 is 33.5. The van der Waals surface area contributed by atoms with Gasteiger partial charge in [0.05, 0.1) is 33.0 Å². The van der Waals surface area contributed by atoms with Gasteiger partial charge in [-0.1, -0.05) is 148 Å². The molecule has 3 unspecified atom stereocenters. The number of hydrogen-bond acceptors (Lipinski definition) is 11. The monoisotopic (exact) mass is 1080 g/mol. The Morgan fingerprint density at radius 1 is 0.915 bits per heavy atom. The molecular formula is C55H98BrN5O9S. The zero-order valence-corrected chi connectivity index (χ0v) is 49.0. The zero-order valence-electron chi connectivity index (χ0n) is 46.6. The minimum atomic E-state index is -0.925. The van der Waals surface area contributed by atoms with E-state index in [2.05, 4.69) is 88.4 Å². The van der Waals surface area contributed by atoms with Gasteiger partial charge in [0, 0.05) is 67.4 Å². The molecule has 4 rings (SSSR count). The predicted octanol–water partition coefficient (Wildman–Crippen LogP) is 12.4. The van der Waals surface area contributed by atoms with Crippen molar-refractivity contribution in [2.24, 2.45) is 17.6 Å². The van der Waals surface area contributed by atoms with Crippen molar-refractivity contribution in [2.45, 2.75) is 185 Å². The van der Waals surface area contributed by atoms with E-state index in [4.69, 9.17) is 24.7 Å². The lowest BCUT2D eigenvalue weighted by atomic mass is 10.0. The average molecular weight is 1090 g/mol. The highest BCUT2D eigenvalue weighted by Crippen LogP contribution is 2.40. The molecule has 3 aliphatic rings. The number of methoxy groups -OCH3 is 1. The molecule has 4 N–H and O–H groups in total. The maximum Gasteiger partial charge on any atom is 0.407 e. The molecule has 1 aliphatic carbocycles. The number of benzene rings is 1. The first-order valence-electron chi connectivity index (χ1n) is 26.6. The minimum absolute atomic E-state index is 0.0141. The van der Waals surface area contributed by atoms with Gasteiger partial charge in [0.2, 0.25) is 17.7 Å². The SMILES string of the molecule is C=C(/C=C(/O[C@@H]1CC(C(N)=O)N(C(=O)[C@H](CCCCC/C=C\C2CC2C(=O)NSN2CCOCC2)NC(=O)OCCCCC)C1)c1ccc(C)c(Br)c1C)OCC.CC.CC.CCC.CCC.CCOC. The van der Waals surface area contributed by atoms with Crippen LogP contribution >= 0.6 is 28.1 Å². The Morgan fingerprint density at radius 2 is 1.55 bits per heavy atom. The molecule has 0 spiro atoms. The Morgan fingerprint density at radius 3 is 2.13 bits per heavy atom. The van der Waals surface area contributed by atoms with E-state index >= 15 is 0 Å². The van der Waals surface area contributed by atoms with Crippen LogP contribution in [0.1, 0.15) is 170 Å². The highest BCUT2D eigenvalue weighted by Gasteiger charge is 2.43. The fourth-order valence-electron chi connectivity index (χ4n) is 6.98. The third-order valence-corrected chi connectivity index (χ3v) is 12.8. The lowest BCUT2D eigenvalue weighted by Gasteiger charge is -2.27. The Hall–Kier alpha value is -3.57. The fourth-order valence-corrected chi connectivity index (χ4v) is 8.03. The van der Waals surface area contributed by atoms with Gasteiger partial charge in [0.25, 0.3) is 0 Å². The number of likely N-dealkylation sites (tertiary alicyclic amines) is 1. The molecule has 71 heavy (non-hydrogen) atoms. The smallest absolute Gasteiger partial charge is 0.407 e. The predicted molar refractivity (Wildman–Crippen MR) is 298 cm³/mol. The highest BCUT2D eigenvalue weighted by atomic mass is 79.9. The van der Waals surface area contributed by atoms with Crippen LogP contribution in [0, 0.1) is 25.7 Å². The number of ether oxygens (including phenoxy) is 5. The summed E-state index contributed by atoms with van der Waals surface area (Å²) in [5.74, 6) is 0.204. The van der Waals surface area contributed by atoms with E-state index in [9.17, 15) is 19.2 Å². The Labute approximate surface area is 444 Å². The minimum Gasteiger partial charge on any atom is -0.494 e. The van der Waals surface area contributed by atoms with Gasteiger partial charge >= 0.3 is 6.09 Å². The number of hydrogen-bond donors (Lipinski definition) is 3. The molecule has 0 bridgehead atoms. The normalized spacial score (nSPS) is 18.4. The number of nitrogens with two attached hydrogens (primary N) is 1. The van der Waals surface area contributed by atoms with Crippen LogP contribution in [-0.2, 0) is 38.1 Å². The maximum atomic E-state index is 14.2. The molecule has 16 heteroatoms. The van der Waals surface area contributed by atoms with Crippen LogP contribution in [0.3, 0.4) is 0 Å². The molecule has 0 radical (unpaired) electrons. The summed E-state index contributed by atoms with van der Waals surface area (Å²) in [6.07, 6.45) is 14.5. The summed E-state index contributed by atoms with van der Waals surface area (Å²) in [5, 5.41) is 2.79. The summed E-state index contributed by atoms with van der Waals surface area (Å²) in [6.45, 7) is 34.9. The van der Waals surface area contributed by atoms with Crippen LogP contribution in [0.25, 0.3) is 5.76 Å². The Bertz CT molecular complexity index is 1670. The van der Waals surface area contributed by atoms with Crippen molar-refractivity contribution in [3.63, 3.8) is 0 Å². The molecule has 5 atom stereocenters. The van der Waals surface area contributed by atoms with Gasteiger partial charge in [0.15, 0.2) is 0 Å². The topological polar surface area (TPSA) is 171 Å². The maximum absolute atomic E-state index is 14.2. The fraction of sp³-hybridized carbons (Fsp3) is 0.709. The first-order chi connectivity index (χ1) is 34.2. The highest BCUT2D eigenvalue weighted by molar-refractivity contribution is 9.10. The molecule has 1 aromatic carbocycles. The number of nitrogens with zero attached hydrogens (tertiary/aromatic N) is 2. The van der Waals surface area contributed by atoms with Gasteiger partial charge in [-0.3, -0.25) is 19.1 Å². The number of halogens is 1. The number of amides is 4. The first kappa shape index (κ1) is 69.5. The second-order valence-corrected chi connectivity index (χ2v) is 18.6. The molecule has 410 valence electrons. The molecule has 2 aliphatic heterocycles. The van der Waals surface area contributed by atoms with Gasteiger partial charge < -0.3 is 39.6 Å². The molecule has 1 aromatic rings. The van der Waals surface area contributed by atoms with E-state index in [0.29, 0.717) is 44.2 Å². The van der Waals surface area contributed by atoms with Crippen molar-refractivity contribution in [1.29, 1.82) is 0 Å². The molecule has 14 nitrogen and oxygen atoms in total. The number of primary amides is 1. The van der Waals surface area contributed by atoms with Crippen molar-refractivity contribution in [1.82, 2.24) is 19.2 Å². The lowest BCUT2D eigenvalue weighted by Crippen LogP contribution is -2.53. The largest absolute Gasteiger partial charge is 0.494 e. The Balaban J connectivity index is 0. The molecular weight excluding hydrogens is 987 g/mol. The van der Waals surface area contributed by atoms with Crippen molar-refractivity contribution >= 4 is 57.6 Å². The van der Waals surface area contributed by atoms with Gasteiger partial charge in [-0.15, -0.1) is 0 Å². The molecule has 0 aromatic heterocycles. The van der Waals surface area contributed by atoms with Gasteiger partial charge in [-0.05, 0) is 76.8 Å². The van der Waals surface area contributed by atoms with E-state index in [0.717, 1.165) is 85.8 Å². The van der Waals surface area contributed by atoms with Gasteiger partial charge in [-0.2, -0.15) is 0 Å². The second-order valence-electron chi connectivity index (χ2n) is 16.9. The molecule has 2 heterocycles. The number of rotatable bonds is 24. The van der Waals surface area contributed by atoms with E-state index in [1.165, 1.54) is 29.9 Å². The van der Waals surface area contributed by atoms with Crippen LogP contribution in [0.15, 0.2) is 47.2 Å². The van der Waals surface area contributed by atoms with Crippen molar-refractivity contribution in [2.75, 3.05) is 59.8 Å². The molecule has 3 fully saturated rings. The number of nitrogens with one attached hydrogen (secondary N) is 2. The quantitative estimate of drug-likeness (QED) is 0.0296. The number of aryl methyl sites for hydroxylation is 1. The first-order valence-corrected chi connectivity index (χ1v) is 28.2. The number of unbranched alkanes of at least 4 members (excludes halogenated alkanes) is 5. The number of carbonyl (C=O) groups excluding carboxylic acids is 4. The third-order valence-electron chi connectivity index (χ3n) is 10.7. The van der Waals surface area contributed by atoms with E-state index in [-0.39, 0.29) is 37.3 Å². The van der Waals surface area contributed by atoms with Crippen LogP contribution in [-0.4, -0.2) is 111 Å². The van der Waals surface area contributed by atoms with Crippen LogP contribution < -0.4 is 15.8 Å². The summed E-state index contributed by atoms with van der Waals surface area (Å²) in [5.41, 5.74) is 8.72. The van der Waals surface area contributed by atoms with Crippen LogP contribution in [0.4, 0.5) is 4.79 Å². The second kappa shape index (κ2) is 44.0. The average Bonchev–Trinajstić information content (AvgIpc) is 4.03. The van der Waals surface area contributed by atoms with Crippen molar-refractivity contribution in [3.05, 3.63) is 63.9 Å².